The standard InChI is InChI=1S/C23H33N4O16P/c1-2-3-4-14(31)26-15-10(29)7-23(21(35)36,42-19(15)16(32)11(30)8-28)43-44(38,39)40-9-12-17(33)18(34)20(41-12)27-6-5-13(24)25-22(27)37/h1,5-6,10-12,15-20,28-30,32-34H,3-4,7-9H2,(H,26,31)(H,35,36)(H,38,39)(H2,24,25,37). The molecule has 0 bridgehead atoms. The predicted octanol–water partition coefficient (Wildman–Crippen LogP) is -4.88. The van der Waals surface area contributed by atoms with Gasteiger partial charge in [-0.15, -0.1) is 12.3 Å². The van der Waals surface area contributed by atoms with Crippen LogP contribution < -0.4 is 16.7 Å². The summed E-state index contributed by atoms with van der Waals surface area (Å²) in [5.41, 5.74) is 4.47. The summed E-state index contributed by atoms with van der Waals surface area (Å²) in [7, 11) is -5.55. The fourth-order valence-electron chi connectivity index (χ4n) is 4.53. The Hall–Kier alpha value is -3.03. The van der Waals surface area contributed by atoms with Gasteiger partial charge in [-0.05, 0) is 6.07 Å². The molecule has 11 unspecified atom stereocenters. The van der Waals surface area contributed by atoms with Crippen LogP contribution in [-0.4, -0.2) is 130 Å². The SMILES string of the molecule is C#CCCC(=O)NC1C(O)CC(OP(=O)(O)OCC2OC(n3ccc(N)nc3=O)C(O)C2O)(C(=O)O)OC1C(O)C(O)CO. The quantitative estimate of drug-likeness (QED) is 0.0705. The van der Waals surface area contributed by atoms with E-state index in [-0.39, 0.29) is 18.7 Å². The number of hydrogen-bond acceptors (Lipinski definition) is 16. The Balaban J connectivity index is 1.79. The molecule has 1 aromatic heterocycles. The molecule has 2 aliphatic rings. The number of aliphatic hydroxyl groups excluding tert-OH is 6. The topological polar surface area (TPSA) is 323 Å². The lowest BCUT2D eigenvalue weighted by atomic mass is 9.88. The number of carbonyl (C=O) groups excluding carboxylic acids is 1. The largest absolute Gasteiger partial charge is 0.477 e. The van der Waals surface area contributed by atoms with E-state index in [1.165, 1.54) is 6.07 Å². The highest BCUT2D eigenvalue weighted by molar-refractivity contribution is 7.47. The average molecular weight is 653 g/mol. The van der Waals surface area contributed by atoms with Crippen molar-refractivity contribution in [3.8, 4) is 12.3 Å². The molecule has 21 heteroatoms. The van der Waals surface area contributed by atoms with Gasteiger partial charge in [0.05, 0.1) is 25.4 Å². The third-order valence-electron chi connectivity index (χ3n) is 6.77. The summed E-state index contributed by atoms with van der Waals surface area (Å²) in [4.78, 5) is 50.5. The Morgan fingerprint density at radius 2 is 2.00 bits per heavy atom. The van der Waals surface area contributed by atoms with E-state index in [0.717, 1.165) is 10.8 Å². The number of phosphoric acid groups is 1. The van der Waals surface area contributed by atoms with Crippen molar-refractivity contribution in [3.63, 3.8) is 0 Å². The number of carboxylic acid groups (broad SMARTS) is 1. The fourth-order valence-corrected chi connectivity index (χ4v) is 5.48. The molecule has 20 nitrogen and oxygen atoms in total. The number of amides is 1. The monoisotopic (exact) mass is 652 g/mol. The average Bonchev–Trinajstić information content (AvgIpc) is 3.23. The number of nitrogens with two attached hydrogens (primary N) is 1. The summed E-state index contributed by atoms with van der Waals surface area (Å²) in [6, 6.07) is -0.428. The molecule has 1 amide bonds. The van der Waals surface area contributed by atoms with E-state index >= 15 is 0 Å². The first kappa shape index (κ1) is 35.4. The number of phosphoric ester groups is 1. The van der Waals surface area contributed by atoms with Crippen molar-refractivity contribution in [1.29, 1.82) is 0 Å². The second-order valence-corrected chi connectivity index (χ2v) is 11.3. The van der Waals surface area contributed by atoms with E-state index in [1.807, 2.05) is 0 Å². The molecule has 11 N–H and O–H groups in total. The van der Waals surface area contributed by atoms with Gasteiger partial charge >= 0.3 is 19.5 Å². The molecule has 3 rings (SSSR count). The number of carboxylic acids is 1. The zero-order valence-corrected chi connectivity index (χ0v) is 23.6. The van der Waals surface area contributed by atoms with Crippen molar-refractivity contribution in [2.24, 2.45) is 0 Å². The highest BCUT2D eigenvalue weighted by Crippen LogP contribution is 2.51. The zero-order chi connectivity index (χ0) is 33.0. The van der Waals surface area contributed by atoms with Crippen LogP contribution in [0.15, 0.2) is 17.1 Å². The number of carbonyl (C=O) groups is 2. The van der Waals surface area contributed by atoms with Crippen LogP contribution >= 0.6 is 7.82 Å². The van der Waals surface area contributed by atoms with Gasteiger partial charge in [-0.1, -0.05) is 0 Å². The molecule has 2 saturated heterocycles. The van der Waals surface area contributed by atoms with E-state index < -0.39 is 106 Å². The number of rotatable bonds is 13. The van der Waals surface area contributed by atoms with E-state index in [0.29, 0.717) is 0 Å². The zero-order valence-electron chi connectivity index (χ0n) is 22.7. The van der Waals surface area contributed by atoms with Crippen LogP contribution in [0.4, 0.5) is 5.82 Å². The van der Waals surface area contributed by atoms with Gasteiger partial charge in [0, 0.05) is 25.5 Å². The molecule has 1 aromatic rings. The minimum absolute atomic E-state index is 0.0278. The van der Waals surface area contributed by atoms with Crippen LogP contribution in [-0.2, 0) is 32.7 Å². The number of hydrogen-bond donors (Lipinski definition) is 10. The summed E-state index contributed by atoms with van der Waals surface area (Å²) in [5, 5.41) is 73.5. The highest BCUT2D eigenvalue weighted by atomic mass is 31.2. The summed E-state index contributed by atoms with van der Waals surface area (Å²) in [6.07, 6.45) is -10.0. The number of aliphatic hydroxyl groups is 6. The lowest BCUT2D eigenvalue weighted by Gasteiger charge is -2.46. The van der Waals surface area contributed by atoms with Crippen molar-refractivity contribution in [3.05, 3.63) is 22.7 Å². The summed E-state index contributed by atoms with van der Waals surface area (Å²) in [6.45, 7) is -2.10. The Morgan fingerprint density at radius 3 is 2.59 bits per heavy atom. The molecule has 44 heavy (non-hydrogen) atoms. The van der Waals surface area contributed by atoms with E-state index in [1.54, 1.807) is 0 Å². The van der Waals surface area contributed by atoms with Crippen molar-refractivity contribution >= 4 is 25.5 Å². The van der Waals surface area contributed by atoms with E-state index in [9.17, 15) is 59.6 Å². The first-order chi connectivity index (χ1) is 20.6. The van der Waals surface area contributed by atoms with Gasteiger partial charge in [-0.3, -0.25) is 13.9 Å². The van der Waals surface area contributed by atoms with Crippen LogP contribution in [0.3, 0.4) is 0 Å². The van der Waals surface area contributed by atoms with Crippen LogP contribution in [0.25, 0.3) is 0 Å². The van der Waals surface area contributed by atoms with Gasteiger partial charge in [0.1, 0.15) is 42.4 Å². The molecule has 0 radical (unpaired) electrons. The van der Waals surface area contributed by atoms with Crippen LogP contribution in [0.5, 0.6) is 0 Å². The normalized spacial score (nSPS) is 33.1. The van der Waals surface area contributed by atoms with Crippen molar-refractivity contribution in [1.82, 2.24) is 14.9 Å². The first-order valence-electron chi connectivity index (χ1n) is 12.9. The minimum atomic E-state index is -5.55. The maximum absolute atomic E-state index is 12.9. The second-order valence-electron chi connectivity index (χ2n) is 9.89. The Bertz CT molecular complexity index is 1340. The van der Waals surface area contributed by atoms with Gasteiger partial charge in [0.25, 0.3) is 5.79 Å². The molecular weight excluding hydrogens is 619 g/mol. The molecule has 2 aliphatic heterocycles. The lowest BCUT2D eigenvalue weighted by molar-refractivity contribution is -0.289. The second kappa shape index (κ2) is 14.4. The lowest BCUT2D eigenvalue weighted by Crippen LogP contribution is -2.67. The fraction of sp³-hybridized carbons (Fsp3) is 0.652. The number of nitrogens with one attached hydrogen (secondary N) is 1. The minimum Gasteiger partial charge on any atom is -0.477 e. The number of ether oxygens (including phenoxy) is 2. The third-order valence-corrected chi connectivity index (χ3v) is 7.77. The molecule has 3 heterocycles. The number of aliphatic carboxylic acids is 1. The van der Waals surface area contributed by atoms with Gasteiger partial charge in [-0.25, -0.2) is 18.7 Å². The van der Waals surface area contributed by atoms with Gasteiger partial charge in [-0.2, -0.15) is 4.98 Å². The van der Waals surface area contributed by atoms with Crippen LogP contribution in [0.2, 0.25) is 0 Å². The number of aromatic nitrogens is 2. The first-order valence-corrected chi connectivity index (χ1v) is 14.4. The molecule has 0 spiro atoms. The van der Waals surface area contributed by atoms with Crippen molar-refractivity contribution in [2.45, 2.75) is 80.0 Å². The molecule has 0 aliphatic carbocycles. The molecule has 0 aromatic carbocycles. The third kappa shape index (κ3) is 7.97. The van der Waals surface area contributed by atoms with Gasteiger partial charge < -0.3 is 61.2 Å². The summed E-state index contributed by atoms with van der Waals surface area (Å²) in [5.74, 6) is -4.05. The van der Waals surface area contributed by atoms with E-state index in [2.05, 4.69) is 16.2 Å². The Labute approximate surface area is 248 Å². The maximum Gasteiger partial charge on any atom is 0.475 e. The van der Waals surface area contributed by atoms with E-state index in [4.69, 9.17) is 30.7 Å². The van der Waals surface area contributed by atoms with Crippen molar-refractivity contribution in [2.75, 3.05) is 18.9 Å². The molecule has 0 saturated carbocycles. The predicted molar refractivity (Wildman–Crippen MR) is 141 cm³/mol. The molecule has 246 valence electrons. The van der Waals surface area contributed by atoms with Gasteiger partial charge in [0.2, 0.25) is 5.91 Å². The molecule has 11 atom stereocenters. The maximum atomic E-state index is 12.9. The van der Waals surface area contributed by atoms with Gasteiger partial charge in [0.15, 0.2) is 6.23 Å². The number of anilines is 1. The van der Waals surface area contributed by atoms with Crippen LogP contribution in [0.1, 0.15) is 25.5 Å². The summed E-state index contributed by atoms with van der Waals surface area (Å²) >= 11 is 0. The smallest absolute Gasteiger partial charge is 0.475 e. The molecular formula is C23H33N4O16P. The molecule has 2 fully saturated rings. The van der Waals surface area contributed by atoms with Crippen molar-refractivity contribution < 1.29 is 73.3 Å². The Morgan fingerprint density at radius 1 is 1.32 bits per heavy atom. The number of nitrogens with zero attached hydrogens (tertiary/aromatic N) is 2. The number of terminal acetylenes is 1. The Kier molecular flexibility index (Phi) is 11.6. The van der Waals surface area contributed by atoms with Crippen LogP contribution in [0, 0.1) is 12.3 Å². The summed E-state index contributed by atoms with van der Waals surface area (Å²) < 4.78 is 34.0. The number of nitrogen functional groups attached to an aromatic ring is 1. The highest BCUT2D eigenvalue weighted by Gasteiger charge is 2.59.